The maximum absolute atomic E-state index is 9.94. The zero-order chi connectivity index (χ0) is 11.4. The van der Waals surface area contributed by atoms with E-state index in [1.165, 1.54) is 0 Å². The van der Waals surface area contributed by atoms with Gasteiger partial charge in [-0.15, -0.1) is 0 Å². The van der Waals surface area contributed by atoms with Crippen molar-refractivity contribution in [3.8, 4) is 0 Å². The molecule has 0 saturated carbocycles. The minimum atomic E-state index is -0.455. The number of aromatic nitrogens is 3. The van der Waals surface area contributed by atoms with Gasteiger partial charge in [-0.25, -0.2) is 0 Å². The van der Waals surface area contributed by atoms with Gasteiger partial charge in [-0.3, -0.25) is 9.67 Å². The summed E-state index contributed by atoms with van der Waals surface area (Å²) in [4.78, 5) is 3.99. The van der Waals surface area contributed by atoms with E-state index in [0.29, 0.717) is 6.42 Å². The molecule has 2 heterocycles. The largest absolute Gasteiger partial charge is 0.388 e. The first-order valence-electron chi connectivity index (χ1n) is 5.32. The summed E-state index contributed by atoms with van der Waals surface area (Å²) in [7, 11) is 1.91. The average molecular weight is 217 g/mol. The van der Waals surface area contributed by atoms with Crippen LogP contribution in [0, 0.1) is 0 Å². The number of hydrogen-bond acceptors (Lipinski definition) is 3. The third kappa shape index (κ3) is 2.46. The van der Waals surface area contributed by atoms with Gasteiger partial charge >= 0.3 is 0 Å². The number of aryl methyl sites for hydroxylation is 2. The number of nitrogens with zero attached hydrogens (tertiary/aromatic N) is 3. The van der Waals surface area contributed by atoms with Crippen LogP contribution in [0.1, 0.15) is 23.8 Å². The Bertz CT molecular complexity index is 439. The molecule has 0 fully saturated rings. The van der Waals surface area contributed by atoms with Crippen LogP contribution in [0.5, 0.6) is 0 Å². The van der Waals surface area contributed by atoms with Gasteiger partial charge in [0.05, 0.1) is 6.10 Å². The van der Waals surface area contributed by atoms with E-state index in [1.807, 2.05) is 29.9 Å². The fourth-order valence-electron chi connectivity index (χ4n) is 1.67. The summed E-state index contributed by atoms with van der Waals surface area (Å²) in [5, 5.41) is 14.0. The Morgan fingerprint density at radius 1 is 1.38 bits per heavy atom. The zero-order valence-corrected chi connectivity index (χ0v) is 9.24. The summed E-state index contributed by atoms with van der Waals surface area (Å²) in [6.07, 6.45) is 6.22. The second-order valence-electron chi connectivity index (χ2n) is 3.79. The smallest absolute Gasteiger partial charge is 0.0808 e. The quantitative estimate of drug-likeness (QED) is 0.844. The van der Waals surface area contributed by atoms with Crippen molar-refractivity contribution in [2.75, 3.05) is 0 Å². The summed E-state index contributed by atoms with van der Waals surface area (Å²) >= 11 is 0. The average Bonchev–Trinajstić information content (AvgIpc) is 2.73. The van der Waals surface area contributed by atoms with Gasteiger partial charge in [-0.1, -0.05) is 6.07 Å². The van der Waals surface area contributed by atoms with Crippen LogP contribution >= 0.6 is 0 Å². The topological polar surface area (TPSA) is 50.9 Å². The van der Waals surface area contributed by atoms with Gasteiger partial charge in [0.2, 0.25) is 0 Å². The Morgan fingerprint density at radius 2 is 2.25 bits per heavy atom. The molecule has 1 N–H and O–H groups in total. The van der Waals surface area contributed by atoms with Crippen molar-refractivity contribution in [3.05, 3.63) is 48.0 Å². The highest BCUT2D eigenvalue weighted by molar-refractivity contribution is 5.12. The highest BCUT2D eigenvalue weighted by atomic mass is 16.3. The highest BCUT2D eigenvalue weighted by Gasteiger charge is 2.08. The van der Waals surface area contributed by atoms with Crippen LogP contribution < -0.4 is 0 Å². The second kappa shape index (κ2) is 4.90. The first kappa shape index (κ1) is 10.8. The van der Waals surface area contributed by atoms with E-state index in [9.17, 15) is 5.11 Å². The first-order valence-corrected chi connectivity index (χ1v) is 5.32. The number of pyridine rings is 1. The minimum absolute atomic E-state index is 0.455. The predicted octanol–water partition coefficient (Wildman–Crippen LogP) is 1.48. The molecule has 0 saturated heterocycles. The molecule has 16 heavy (non-hydrogen) atoms. The van der Waals surface area contributed by atoms with Crippen molar-refractivity contribution >= 4 is 0 Å². The summed E-state index contributed by atoms with van der Waals surface area (Å²) in [6.45, 7) is 0. The standard InChI is InChI=1S/C12H15N3O/c1-15-11(6-8-14-15)4-5-12(16)10-3-2-7-13-9-10/h2-3,6-9,12,16H,4-5H2,1H3. The van der Waals surface area contributed by atoms with Gasteiger partial charge in [-0.2, -0.15) is 5.10 Å². The molecular formula is C12H15N3O. The lowest BCUT2D eigenvalue weighted by Crippen LogP contribution is -2.03. The Labute approximate surface area is 94.6 Å². The molecule has 4 nitrogen and oxygen atoms in total. The van der Waals surface area contributed by atoms with Gasteiger partial charge in [0.15, 0.2) is 0 Å². The number of hydrogen-bond donors (Lipinski definition) is 1. The van der Waals surface area contributed by atoms with Crippen LogP contribution in [0.25, 0.3) is 0 Å². The van der Waals surface area contributed by atoms with Gasteiger partial charge in [0.1, 0.15) is 0 Å². The highest BCUT2D eigenvalue weighted by Crippen LogP contribution is 2.17. The molecule has 84 valence electrons. The van der Waals surface area contributed by atoms with Crippen molar-refractivity contribution < 1.29 is 5.11 Å². The van der Waals surface area contributed by atoms with Crippen LogP contribution in [-0.2, 0) is 13.5 Å². The summed E-state index contributed by atoms with van der Waals surface area (Å²) in [6, 6.07) is 5.69. The Kier molecular flexibility index (Phi) is 3.31. The van der Waals surface area contributed by atoms with E-state index in [2.05, 4.69) is 10.1 Å². The van der Waals surface area contributed by atoms with E-state index >= 15 is 0 Å². The number of aliphatic hydroxyl groups is 1. The van der Waals surface area contributed by atoms with Gasteiger partial charge in [0, 0.05) is 31.3 Å². The molecule has 2 rings (SSSR count). The maximum Gasteiger partial charge on any atom is 0.0808 e. The van der Waals surface area contributed by atoms with Crippen molar-refractivity contribution in [1.82, 2.24) is 14.8 Å². The third-order valence-electron chi connectivity index (χ3n) is 2.67. The molecular weight excluding hydrogens is 202 g/mol. The molecule has 2 aromatic heterocycles. The summed E-state index contributed by atoms with van der Waals surface area (Å²) < 4.78 is 1.83. The SMILES string of the molecule is Cn1nccc1CCC(O)c1cccnc1. The molecule has 0 amide bonds. The molecule has 0 bridgehead atoms. The third-order valence-corrected chi connectivity index (χ3v) is 2.67. The molecule has 2 aromatic rings. The number of rotatable bonds is 4. The molecule has 0 aliphatic carbocycles. The Morgan fingerprint density at radius 3 is 2.88 bits per heavy atom. The normalized spacial score (nSPS) is 12.6. The first-order chi connectivity index (χ1) is 7.77. The minimum Gasteiger partial charge on any atom is -0.388 e. The van der Waals surface area contributed by atoms with Crippen molar-refractivity contribution in [2.45, 2.75) is 18.9 Å². The Balaban J connectivity index is 1.94. The zero-order valence-electron chi connectivity index (χ0n) is 9.24. The fourth-order valence-corrected chi connectivity index (χ4v) is 1.67. The lowest BCUT2D eigenvalue weighted by atomic mass is 10.1. The van der Waals surface area contributed by atoms with Crippen LogP contribution in [-0.4, -0.2) is 19.9 Å². The molecule has 0 radical (unpaired) electrons. The van der Waals surface area contributed by atoms with Gasteiger partial charge in [0.25, 0.3) is 0 Å². The molecule has 0 aliphatic rings. The molecule has 0 spiro atoms. The maximum atomic E-state index is 9.94. The lowest BCUT2D eigenvalue weighted by molar-refractivity contribution is 0.166. The van der Waals surface area contributed by atoms with Crippen molar-refractivity contribution in [1.29, 1.82) is 0 Å². The van der Waals surface area contributed by atoms with Crippen LogP contribution in [0.2, 0.25) is 0 Å². The number of aliphatic hydroxyl groups excluding tert-OH is 1. The van der Waals surface area contributed by atoms with E-state index in [1.54, 1.807) is 18.6 Å². The van der Waals surface area contributed by atoms with E-state index in [4.69, 9.17) is 0 Å². The van der Waals surface area contributed by atoms with E-state index in [0.717, 1.165) is 17.7 Å². The molecule has 4 heteroatoms. The predicted molar refractivity (Wildman–Crippen MR) is 60.7 cm³/mol. The molecule has 1 atom stereocenters. The van der Waals surface area contributed by atoms with E-state index in [-0.39, 0.29) is 0 Å². The molecule has 1 unspecified atom stereocenters. The fraction of sp³-hybridized carbons (Fsp3) is 0.333. The Hall–Kier alpha value is -1.68. The van der Waals surface area contributed by atoms with Crippen molar-refractivity contribution in [2.24, 2.45) is 7.05 Å². The van der Waals surface area contributed by atoms with Gasteiger partial charge < -0.3 is 5.11 Å². The van der Waals surface area contributed by atoms with Crippen LogP contribution in [0.3, 0.4) is 0 Å². The van der Waals surface area contributed by atoms with Gasteiger partial charge in [-0.05, 0) is 30.5 Å². The monoisotopic (exact) mass is 217 g/mol. The van der Waals surface area contributed by atoms with Crippen LogP contribution in [0.15, 0.2) is 36.8 Å². The molecule has 0 aromatic carbocycles. The molecule has 0 aliphatic heterocycles. The summed E-state index contributed by atoms with van der Waals surface area (Å²) in [5.41, 5.74) is 1.99. The lowest BCUT2D eigenvalue weighted by Gasteiger charge is -2.10. The second-order valence-corrected chi connectivity index (χ2v) is 3.79. The van der Waals surface area contributed by atoms with Crippen molar-refractivity contribution in [3.63, 3.8) is 0 Å². The van der Waals surface area contributed by atoms with E-state index < -0.39 is 6.10 Å². The van der Waals surface area contributed by atoms with Crippen LogP contribution in [0.4, 0.5) is 0 Å². The summed E-state index contributed by atoms with van der Waals surface area (Å²) in [5.74, 6) is 0.